The van der Waals surface area contributed by atoms with Crippen LogP contribution < -0.4 is 5.32 Å². The van der Waals surface area contributed by atoms with Gasteiger partial charge < -0.3 is 14.8 Å². The molecule has 2 saturated heterocycles. The van der Waals surface area contributed by atoms with Gasteiger partial charge in [-0.2, -0.15) is 0 Å². The smallest absolute Gasteiger partial charge is 0.320 e. The average molecular weight is 321 g/mol. The van der Waals surface area contributed by atoms with Gasteiger partial charge in [0.15, 0.2) is 0 Å². The van der Waals surface area contributed by atoms with Crippen LogP contribution >= 0.6 is 15.9 Å². The average Bonchev–Trinajstić information content (AvgIpc) is 2.85. The van der Waals surface area contributed by atoms with E-state index >= 15 is 0 Å². The summed E-state index contributed by atoms with van der Waals surface area (Å²) in [4.78, 5) is 13.4. The molecule has 0 saturated carbocycles. The molecule has 3 unspecified atom stereocenters. The second-order valence-electron chi connectivity index (χ2n) is 4.90. The molecule has 0 amide bonds. The topological polar surface area (TPSA) is 50.8 Å². The van der Waals surface area contributed by atoms with Crippen molar-refractivity contribution in [1.29, 1.82) is 0 Å². The first-order valence-corrected chi connectivity index (χ1v) is 7.40. The highest BCUT2D eigenvalue weighted by molar-refractivity contribution is 9.10. The molecule has 3 atom stereocenters. The van der Waals surface area contributed by atoms with Gasteiger partial charge in [-0.05, 0) is 19.4 Å². The van der Waals surface area contributed by atoms with Crippen LogP contribution in [0.5, 0.6) is 0 Å². The second-order valence-corrected chi connectivity index (χ2v) is 6.00. The van der Waals surface area contributed by atoms with E-state index in [0.29, 0.717) is 12.6 Å². The Bertz CT molecular complexity index is 290. The Labute approximate surface area is 116 Å². The van der Waals surface area contributed by atoms with Gasteiger partial charge in [0, 0.05) is 25.7 Å². The predicted molar refractivity (Wildman–Crippen MR) is 71.9 cm³/mol. The molecule has 2 fully saturated rings. The number of fused-ring (bicyclic) bond motifs is 1. The third kappa shape index (κ3) is 3.66. The molecule has 104 valence electrons. The van der Waals surface area contributed by atoms with Crippen molar-refractivity contribution in [3.05, 3.63) is 0 Å². The van der Waals surface area contributed by atoms with Crippen LogP contribution in [-0.2, 0) is 14.3 Å². The molecule has 0 aromatic carbocycles. The second kappa shape index (κ2) is 6.84. The highest BCUT2D eigenvalue weighted by Crippen LogP contribution is 2.22. The lowest BCUT2D eigenvalue weighted by Gasteiger charge is -2.35. The van der Waals surface area contributed by atoms with Crippen molar-refractivity contribution in [1.82, 2.24) is 10.2 Å². The molecular formula is C12H21BrN2O3. The molecule has 0 aliphatic carbocycles. The zero-order valence-corrected chi connectivity index (χ0v) is 12.3. The summed E-state index contributed by atoms with van der Waals surface area (Å²) in [5.74, 6) is -0.244. The fourth-order valence-corrected chi connectivity index (χ4v) is 3.01. The van der Waals surface area contributed by atoms with E-state index in [1.807, 2.05) is 0 Å². The lowest BCUT2D eigenvalue weighted by atomic mass is 10.2. The Morgan fingerprint density at radius 3 is 3.28 bits per heavy atom. The first kappa shape index (κ1) is 14.2. The van der Waals surface area contributed by atoms with E-state index in [1.165, 1.54) is 26.5 Å². The van der Waals surface area contributed by atoms with E-state index in [-0.39, 0.29) is 16.9 Å². The molecule has 2 heterocycles. The molecule has 6 heteroatoms. The lowest BCUT2D eigenvalue weighted by molar-refractivity contribution is -0.139. The molecule has 1 N–H and O–H groups in total. The fourth-order valence-electron chi connectivity index (χ4n) is 2.59. The fraction of sp³-hybridized carbons (Fsp3) is 0.917. The number of ether oxygens (including phenoxy) is 2. The van der Waals surface area contributed by atoms with Crippen molar-refractivity contribution in [2.24, 2.45) is 0 Å². The van der Waals surface area contributed by atoms with Crippen LogP contribution in [0.15, 0.2) is 0 Å². The summed E-state index contributed by atoms with van der Waals surface area (Å²) in [6.45, 7) is 4.40. The lowest BCUT2D eigenvalue weighted by Crippen LogP contribution is -2.50. The van der Waals surface area contributed by atoms with E-state index in [0.717, 1.165) is 19.7 Å². The number of nitrogens with one attached hydrogen (secondary N) is 1. The summed E-state index contributed by atoms with van der Waals surface area (Å²) in [5.41, 5.74) is 0. The maximum Gasteiger partial charge on any atom is 0.320 e. The molecule has 5 nitrogen and oxygen atoms in total. The summed E-state index contributed by atoms with van der Waals surface area (Å²) in [6, 6.07) is 0.639. The molecule has 0 aromatic heterocycles. The highest BCUT2D eigenvalue weighted by atomic mass is 79.9. The van der Waals surface area contributed by atoms with Crippen molar-refractivity contribution >= 4 is 21.9 Å². The highest BCUT2D eigenvalue weighted by Gasteiger charge is 2.32. The van der Waals surface area contributed by atoms with Gasteiger partial charge in [-0.25, -0.2) is 0 Å². The Kier molecular flexibility index (Phi) is 5.41. The first-order chi connectivity index (χ1) is 8.70. The van der Waals surface area contributed by atoms with Crippen LogP contribution in [0, 0.1) is 0 Å². The molecule has 0 bridgehead atoms. The molecule has 2 aliphatic heterocycles. The number of halogens is 1. The number of methoxy groups -OCH3 is 1. The number of carbonyl (C=O) groups excluding carboxylic acids is 1. The van der Waals surface area contributed by atoms with Crippen LogP contribution in [0.25, 0.3) is 0 Å². The number of morpholine rings is 1. The third-order valence-electron chi connectivity index (χ3n) is 3.61. The first-order valence-electron chi connectivity index (χ1n) is 6.49. The molecule has 2 rings (SSSR count). The van der Waals surface area contributed by atoms with Gasteiger partial charge in [0.1, 0.15) is 4.83 Å². The van der Waals surface area contributed by atoms with Crippen LogP contribution in [-0.4, -0.2) is 67.7 Å². The quantitative estimate of drug-likeness (QED) is 0.586. The van der Waals surface area contributed by atoms with Crippen LogP contribution in [0.2, 0.25) is 0 Å². The zero-order chi connectivity index (χ0) is 13.0. The minimum Gasteiger partial charge on any atom is -0.468 e. The van der Waals surface area contributed by atoms with Gasteiger partial charge in [0.2, 0.25) is 0 Å². The monoisotopic (exact) mass is 320 g/mol. The number of hydrogen-bond donors (Lipinski definition) is 1. The SMILES string of the molecule is COC(=O)C(Br)CNCC1CN2CCCC2CO1. The maximum absolute atomic E-state index is 11.2. The summed E-state index contributed by atoms with van der Waals surface area (Å²) in [7, 11) is 1.40. The Morgan fingerprint density at radius 1 is 1.67 bits per heavy atom. The number of carbonyl (C=O) groups is 1. The zero-order valence-electron chi connectivity index (χ0n) is 10.7. The summed E-state index contributed by atoms with van der Waals surface area (Å²) in [6.07, 6.45) is 2.79. The maximum atomic E-state index is 11.2. The van der Waals surface area contributed by atoms with Gasteiger partial charge in [0.25, 0.3) is 0 Å². The van der Waals surface area contributed by atoms with Gasteiger partial charge in [-0.15, -0.1) is 0 Å². The van der Waals surface area contributed by atoms with E-state index < -0.39 is 0 Å². The minimum absolute atomic E-state index is 0.233. The van der Waals surface area contributed by atoms with Crippen molar-refractivity contribution < 1.29 is 14.3 Å². The number of rotatable bonds is 5. The van der Waals surface area contributed by atoms with Crippen molar-refractivity contribution in [2.45, 2.75) is 29.8 Å². The Morgan fingerprint density at radius 2 is 2.50 bits per heavy atom. The number of esters is 1. The molecule has 2 aliphatic rings. The normalized spacial score (nSPS) is 29.9. The standard InChI is InChI=1S/C12H21BrN2O3/c1-17-12(16)11(13)6-14-5-10-7-15-4-2-3-9(15)8-18-10/h9-11,14H,2-8H2,1H3. The van der Waals surface area contributed by atoms with Gasteiger partial charge in [0.05, 0.1) is 19.8 Å². The number of hydrogen-bond acceptors (Lipinski definition) is 5. The van der Waals surface area contributed by atoms with Gasteiger partial charge >= 0.3 is 5.97 Å². The molecule has 0 radical (unpaired) electrons. The van der Waals surface area contributed by atoms with E-state index in [2.05, 4.69) is 30.9 Å². The number of nitrogens with zero attached hydrogens (tertiary/aromatic N) is 1. The van der Waals surface area contributed by atoms with Crippen molar-refractivity contribution in [3.63, 3.8) is 0 Å². The van der Waals surface area contributed by atoms with Crippen LogP contribution in [0.3, 0.4) is 0 Å². The van der Waals surface area contributed by atoms with Crippen LogP contribution in [0.1, 0.15) is 12.8 Å². The summed E-state index contributed by atoms with van der Waals surface area (Å²) in [5, 5.41) is 3.25. The summed E-state index contributed by atoms with van der Waals surface area (Å²) >= 11 is 3.29. The van der Waals surface area contributed by atoms with Crippen molar-refractivity contribution in [3.8, 4) is 0 Å². The predicted octanol–water partition coefficient (Wildman–Crippen LogP) is 0.376. The van der Waals surface area contributed by atoms with Crippen LogP contribution in [0.4, 0.5) is 0 Å². The van der Waals surface area contributed by atoms with Crippen molar-refractivity contribution in [2.75, 3.05) is 39.9 Å². The number of alkyl halides is 1. The largest absolute Gasteiger partial charge is 0.468 e. The van der Waals surface area contributed by atoms with E-state index in [9.17, 15) is 4.79 Å². The summed E-state index contributed by atoms with van der Waals surface area (Å²) < 4.78 is 10.5. The molecule has 0 aromatic rings. The Balaban J connectivity index is 1.64. The van der Waals surface area contributed by atoms with E-state index in [1.54, 1.807) is 0 Å². The molecule has 18 heavy (non-hydrogen) atoms. The van der Waals surface area contributed by atoms with Gasteiger partial charge in [-0.3, -0.25) is 9.69 Å². The van der Waals surface area contributed by atoms with E-state index in [4.69, 9.17) is 4.74 Å². The Hall–Kier alpha value is -0.170. The van der Waals surface area contributed by atoms with Gasteiger partial charge in [-0.1, -0.05) is 15.9 Å². The minimum atomic E-state index is -0.286. The molecule has 0 spiro atoms. The molecular weight excluding hydrogens is 300 g/mol. The third-order valence-corrected chi connectivity index (χ3v) is 4.31.